The Morgan fingerprint density at radius 3 is 2.28 bits per heavy atom. The number of nitrogens with zero attached hydrogens (tertiary/aromatic N) is 2. The van der Waals surface area contributed by atoms with Crippen molar-refractivity contribution in [2.24, 2.45) is 0 Å². The molecule has 2 aromatic rings. The molecule has 1 N–H and O–H groups in total. The van der Waals surface area contributed by atoms with Crippen LogP contribution in [0.3, 0.4) is 0 Å². The van der Waals surface area contributed by atoms with E-state index < -0.39 is 33.1 Å². The van der Waals surface area contributed by atoms with Gasteiger partial charge in [-0.15, -0.1) is 0 Å². The van der Waals surface area contributed by atoms with Crippen LogP contribution < -0.4 is 10.1 Å². The second-order valence-electron chi connectivity index (χ2n) is 6.62. The summed E-state index contributed by atoms with van der Waals surface area (Å²) in [5.74, 6) is -2.94. The summed E-state index contributed by atoms with van der Waals surface area (Å²) in [5.41, 5.74) is -0.766. The Balaban J connectivity index is 1.92. The third-order valence-corrected chi connectivity index (χ3v) is 6.60. The fourth-order valence-corrected chi connectivity index (χ4v) is 4.47. The van der Waals surface area contributed by atoms with Crippen LogP contribution in [0.2, 0.25) is 0 Å². The summed E-state index contributed by atoms with van der Waals surface area (Å²) in [6.45, 7) is 1.89. The molecule has 0 aliphatic carbocycles. The molecule has 1 aliphatic heterocycles. The number of rotatable bonds is 5. The summed E-state index contributed by atoms with van der Waals surface area (Å²) >= 11 is 0. The average molecular weight is 425 g/mol. The van der Waals surface area contributed by atoms with Crippen LogP contribution in [0.1, 0.15) is 10.4 Å². The number of anilines is 1. The third-order valence-electron chi connectivity index (χ3n) is 4.71. The van der Waals surface area contributed by atoms with E-state index in [4.69, 9.17) is 4.74 Å². The quantitative estimate of drug-likeness (QED) is 0.794. The van der Waals surface area contributed by atoms with Crippen molar-refractivity contribution in [3.05, 3.63) is 53.6 Å². The van der Waals surface area contributed by atoms with Gasteiger partial charge in [-0.1, -0.05) is 6.07 Å². The lowest BCUT2D eigenvalue weighted by Crippen LogP contribution is -2.47. The Labute approximate surface area is 167 Å². The number of ether oxygens (including phenoxy) is 1. The molecule has 0 radical (unpaired) electrons. The van der Waals surface area contributed by atoms with E-state index in [-0.39, 0.29) is 16.3 Å². The molecule has 0 saturated carbocycles. The molecule has 1 amide bonds. The van der Waals surface area contributed by atoms with Crippen molar-refractivity contribution in [1.29, 1.82) is 0 Å². The van der Waals surface area contributed by atoms with Gasteiger partial charge in [0.25, 0.3) is 5.91 Å². The van der Waals surface area contributed by atoms with Crippen LogP contribution in [0.4, 0.5) is 14.5 Å². The zero-order valence-electron chi connectivity index (χ0n) is 16.0. The first-order valence-electron chi connectivity index (χ1n) is 8.86. The summed E-state index contributed by atoms with van der Waals surface area (Å²) in [6.07, 6.45) is 0. The maximum Gasteiger partial charge on any atom is 0.261 e. The van der Waals surface area contributed by atoms with E-state index in [0.29, 0.717) is 26.2 Å². The number of nitrogens with one attached hydrogen (secondary N) is 1. The van der Waals surface area contributed by atoms with Gasteiger partial charge in [-0.3, -0.25) is 4.79 Å². The maximum absolute atomic E-state index is 13.9. The van der Waals surface area contributed by atoms with E-state index in [1.165, 1.54) is 29.6 Å². The molecule has 0 aromatic heterocycles. The maximum atomic E-state index is 13.9. The van der Waals surface area contributed by atoms with Crippen LogP contribution in [-0.2, 0) is 10.0 Å². The first kappa shape index (κ1) is 21.2. The number of sulfonamides is 1. The Morgan fingerprint density at radius 1 is 1.07 bits per heavy atom. The second kappa shape index (κ2) is 8.44. The first-order valence-corrected chi connectivity index (χ1v) is 10.3. The molecule has 29 heavy (non-hydrogen) atoms. The smallest absolute Gasteiger partial charge is 0.261 e. The Morgan fingerprint density at radius 2 is 1.69 bits per heavy atom. The fourth-order valence-electron chi connectivity index (χ4n) is 3.02. The molecule has 10 heteroatoms. The summed E-state index contributed by atoms with van der Waals surface area (Å²) in [6, 6.07) is 7.05. The highest BCUT2D eigenvalue weighted by molar-refractivity contribution is 7.89. The van der Waals surface area contributed by atoms with E-state index in [1.807, 2.05) is 11.9 Å². The predicted octanol–water partition coefficient (Wildman–Crippen LogP) is 2.16. The van der Waals surface area contributed by atoms with E-state index in [9.17, 15) is 22.0 Å². The summed E-state index contributed by atoms with van der Waals surface area (Å²) in [5, 5.41) is 2.35. The van der Waals surface area contributed by atoms with Crippen molar-refractivity contribution >= 4 is 21.6 Å². The molecular weight excluding hydrogens is 404 g/mol. The number of halogens is 2. The normalized spacial score (nSPS) is 15.9. The molecule has 0 atom stereocenters. The van der Waals surface area contributed by atoms with Gasteiger partial charge >= 0.3 is 0 Å². The Bertz CT molecular complexity index is 1000. The van der Waals surface area contributed by atoms with Crippen molar-refractivity contribution in [1.82, 2.24) is 9.21 Å². The standard InChI is InChI=1S/C19H21F2N3O4S/c1-23-8-10-24(11-9-23)29(26,27)13-6-7-17(28-2)16(12-13)22-19(25)18-14(20)4-3-5-15(18)21/h3-7,12H,8-11H2,1-2H3,(H,22,25). The zero-order valence-corrected chi connectivity index (χ0v) is 16.8. The van der Waals surface area contributed by atoms with Gasteiger partial charge in [0.2, 0.25) is 10.0 Å². The zero-order chi connectivity index (χ0) is 21.2. The van der Waals surface area contributed by atoms with Crippen molar-refractivity contribution < 1.29 is 26.7 Å². The molecule has 1 heterocycles. The minimum absolute atomic E-state index is 0.00430. The van der Waals surface area contributed by atoms with Gasteiger partial charge in [-0.2, -0.15) is 4.31 Å². The molecule has 3 rings (SSSR count). The highest BCUT2D eigenvalue weighted by Crippen LogP contribution is 2.30. The van der Waals surface area contributed by atoms with E-state index in [0.717, 1.165) is 18.2 Å². The van der Waals surface area contributed by atoms with Crippen LogP contribution in [0.15, 0.2) is 41.3 Å². The van der Waals surface area contributed by atoms with Crippen molar-refractivity contribution in [3.63, 3.8) is 0 Å². The van der Waals surface area contributed by atoms with E-state index >= 15 is 0 Å². The van der Waals surface area contributed by atoms with E-state index in [1.54, 1.807) is 0 Å². The molecule has 156 valence electrons. The minimum Gasteiger partial charge on any atom is -0.495 e. The van der Waals surface area contributed by atoms with Gasteiger partial charge in [0.1, 0.15) is 22.9 Å². The van der Waals surface area contributed by atoms with Gasteiger partial charge in [-0.05, 0) is 37.4 Å². The second-order valence-corrected chi connectivity index (χ2v) is 8.56. The molecule has 7 nitrogen and oxygen atoms in total. The van der Waals surface area contributed by atoms with Crippen LogP contribution in [0.25, 0.3) is 0 Å². The fraction of sp³-hybridized carbons (Fsp3) is 0.316. The lowest BCUT2D eigenvalue weighted by atomic mass is 10.1. The third kappa shape index (κ3) is 4.39. The summed E-state index contributed by atoms with van der Waals surface area (Å²) < 4.78 is 60.2. The molecule has 0 unspecified atom stereocenters. The highest BCUT2D eigenvalue weighted by Gasteiger charge is 2.28. The number of piperazine rings is 1. The average Bonchev–Trinajstić information content (AvgIpc) is 2.68. The molecule has 1 saturated heterocycles. The lowest BCUT2D eigenvalue weighted by Gasteiger charge is -2.31. The molecule has 1 aliphatic rings. The number of carbonyl (C=O) groups excluding carboxylic acids is 1. The van der Waals surface area contributed by atoms with Crippen LogP contribution >= 0.6 is 0 Å². The molecule has 2 aromatic carbocycles. The van der Waals surface area contributed by atoms with Crippen LogP contribution in [0, 0.1) is 11.6 Å². The van der Waals surface area contributed by atoms with E-state index in [2.05, 4.69) is 5.32 Å². The van der Waals surface area contributed by atoms with Crippen molar-refractivity contribution in [2.75, 3.05) is 45.7 Å². The van der Waals surface area contributed by atoms with Crippen LogP contribution in [-0.4, -0.2) is 63.9 Å². The minimum atomic E-state index is -3.80. The molecule has 1 fully saturated rings. The van der Waals surface area contributed by atoms with Crippen LogP contribution in [0.5, 0.6) is 5.75 Å². The monoisotopic (exact) mass is 425 g/mol. The Hall–Kier alpha value is -2.56. The SMILES string of the molecule is COc1ccc(S(=O)(=O)N2CCN(C)CC2)cc1NC(=O)c1c(F)cccc1F. The first-order chi connectivity index (χ1) is 13.7. The van der Waals surface area contributed by atoms with Gasteiger partial charge in [0.15, 0.2) is 0 Å². The molecule has 0 spiro atoms. The highest BCUT2D eigenvalue weighted by atomic mass is 32.2. The van der Waals surface area contributed by atoms with Gasteiger partial charge in [-0.25, -0.2) is 17.2 Å². The number of likely N-dealkylation sites (N-methyl/N-ethyl adjacent to an activating group) is 1. The summed E-state index contributed by atoms with van der Waals surface area (Å²) in [4.78, 5) is 14.4. The number of amides is 1. The number of hydrogen-bond acceptors (Lipinski definition) is 5. The Kier molecular flexibility index (Phi) is 6.15. The van der Waals surface area contributed by atoms with Gasteiger partial charge in [0.05, 0.1) is 17.7 Å². The number of methoxy groups -OCH3 is 1. The predicted molar refractivity (Wildman–Crippen MR) is 104 cm³/mol. The number of hydrogen-bond donors (Lipinski definition) is 1. The number of benzene rings is 2. The molecular formula is C19H21F2N3O4S. The van der Waals surface area contributed by atoms with Gasteiger partial charge in [0, 0.05) is 26.2 Å². The molecule has 0 bridgehead atoms. The topological polar surface area (TPSA) is 79.0 Å². The van der Waals surface area contributed by atoms with Gasteiger partial charge < -0.3 is 15.0 Å². The van der Waals surface area contributed by atoms with Crippen molar-refractivity contribution in [2.45, 2.75) is 4.90 Å². The largest absolute Gasteiger partial charge is 0.495 e. The summed E-state index contributed by atoms with van der Waals surface area (Å²) in [7, 11) is -0.552. The van der Waals surface area contributed by atoms with Crippen molar-refractivity contribution in [3.8, 4) is 5.75 Å². The lowest BCUT2D eigenvalue weighted by molar-refractivity contribution is 0.101. The number of carbonyl (C=O) groups is 1.